The van der Waals surface area contributed by atoms with Crippen molar-refractivity contribution in [3.05, 3.63) is 10.6 Å². The molecule has 1 atom stereocenters. The van der Waals surface area contributed by atoms with Gasteiger partial charge in [0.1, 0.15) is 10.9 Å². The molecule has 0 aromatic carbocycles. The molecule has 106 valence electrons. The van der Waals surface area contributed by atoms with Crippen LogP contribution >= 0.6 is 11.5 Å². The number of carbonyl (C=O) groups excluding carboxylic acids is 1. The molecule has 1 aromatic heterocycles. The maximum atomic E-state index is 12.1. The highest BCUT2D eigenvalue weighted by Gasteiger charge is 2.24. The zero-order chi connectivity index (χ0) is 14.4. The van der Waals surface area contributed by atoms with Crippen molar-refractivity contribution in [1.29, 1.82) is 0 Å². The molecule has 1 amide bonds. The van der Waals surface area contributed by atoms with Crippen LogP contribution in [0.5, 0.6) is 0 Å². The molecule has 0 saturated heterocycles. The number of nitrogens with zero attached hydrogens (tertiary/aromatic N) is 2. The maximum absolute atomic E-state index is 12.1. The van der Waals surface area contributed by atoms with Gasteiger partial charge >= 0.3 is 5.97 Å². The SMILES string of the molecule is CCCCC(NC(=O)c1snnc1C(C)C)C(=O)O. The molecule has 1 unspecified atom stereocenters. The second-order valence-corrected chi connectivity index (χ2v) is 5.40. The third kappa shape index (κ3) is 4.27. The van der Waals surface area contributed by atoms with Crippen LogP contribution in [0.4, 0.5) is 0 Å². The number of nitrogens with one attached hydrogen (secondary N) is 1. The monoisotopic (exact) mass is 285 g/mol. The smallest absolute Gasteiger partial charge is 0.326 e. The largest absolute Gasteiger partial charge is 0.480 e. The van der Waals surface area contributed by atoms with Gasteiger partial charge in [0.15, 0.2) is 0 Å². The van der Waals surface area contributed by atoms with Gasteiger partial charge in [-0.15, -0.1) is 5.10 Å². The van der Waals surface area contributed by atoms with Crippen molar-refractivity contribution < 1.29 is 14.7 Å². The number of carboxylic acid groups (broad SMARTS) is 1. The second kappa shape index (κ2) is 7.18. The van der Waals surface area contributed by atoms with E-state index in [0.29, 0.717) is 17.0 Å². The van der Waals surface area contributed by atoms with Crippen LogP contribution in [-0.2, 0) is 4.79 Å². The highest BCUT2D eigenvalue weighted by molar-refractivity contribution is 7.08. The van der Waals surface area contributed by atoms with Crippen molar-refractivity contribution in [2.75, 3.05) is 0 Å². The minimum absolute atomic E-state index is 0.0819. The molecular weight excluding hydrogens is 266 g/mol. The molecule has 1 aromatic rings. The van der Waals surface area contributed by atoms with Gasteiger partial charge in [0.05, 0.1) is 5.69 Å². The van der Waals surface area contributed by atoms with Gasteiger partial charge in [0.2, 0.25) is 0 Å². The molecule has 0 fully saturated rings. The number of hydrogen-bond donors (Lipinski definition) is 2. The van der Waals surface area contributed by atoms with E-state index in [1.807, 2.05) is 20.8 Å². The molecule has 0 aliphatic carbocycles. The molecule has 0 saturated carbocycles. The lowest BCUT2D eigenvalue weighted by Gasteiger charge is -2.13. The third-order valence-corrected chi connectivity index (χ3v) is 3.46. The fourth-order valence-corrected chi connectivity index (χ4v) is 2.34. The standard InChI is InChI=1S/C12H19N3O3S/c1-4-5-6-8(12(17)18)13-11(16)10-9(7(2)3)14-15-19-10/h7-8H,4-6H2,1-3H3,(H,13,16)(H,17,18). The number of aromatic nitrogens is 2. The van der Waals surface area contributed by atoms with E-state index in [-0.39, 0.29) is 5.92 Å². The van der Waals surface area contributed by atoms with E-state index in [9.17, 15) is 9.59 Å². The Balaban J connectivity index is 2.76. The van der Waals surface area contributed by atoms with Crippen molar-refractivity contribution in [3.63, 3.8) is 0 Å². The van der Waals surface area contributed by atoms with Crippen molar-refractivity contribution in [1.82, 2.24) is 14.9 Å². The fraction of sp³-hybridized carbons (Fsp3) is 0.667. The van der Waals surface area contributed by atoms with E-state index in [1.165, 1.54) is 0 Å². The summed E-state index contributed by atoms with van der Waals surface area (Å²) < 4.78 is 3.76. The first-order valence-electron chi connectivity index (χ1n) is 6.33. The summed E-state index contributed by atoms with van der Waals surface area (Å²) in [4.78, 5) is 23.6. The number of carbonyl (C=O) groups is 2. The average Bonchev–Trinajstić information content (AvgIpc) is 2.83. The minimum atomic E-state index is -1.01. The molecule has 0 radical (unpaired) electrons. The number of unbranched alkanes of at least 4 members (excludes halogenated alkanes) is 1. The first-order valence-corrected chi connectivity index (χ1v) is 7.10. The van der Waals surface area contributed by atoms with Crippen LogP contribution in [0.2, 0.25) is 0 Å². The fourth-order valence-electron chi connectivity index (χ4n) is 1.62. The quantitative estimate of drug-likeness (QED) is 0.799. The first kappa shape index (κ1) is 15.6. The average molecular weight is 285 g/mol. The maximum Gasteiger partial charge on any atom is 0.326 e. The summed E-state index contributed by atoms with van der Waals surface area (Å²) in [6, 6.07) is -0.852. The van der Waals surface area contributed by atoms with E-state index in [4.69, 9.17) is 5.11 Å². The molecular formula is C12H19N3O3S. The Bertz CT molecular complexity index is 445. The lowest BCUT2D eigenvalue weighted by atomic mass is 10.1. The van der Waals surface area contributed by atoms with Gasteiger partial charge in [-0.2, -0.15) is 0 Å². The van der Waals surface area contributed by atoms with Gasteiger partial charge in [-0.3, -0.25) is 4.79 Å². The summed E-state index contributed by atoms with van der Waals surface area (Å²) in [5.74, 6) is -1.33. The highest BCUT2D eigenvalue weighted by atomic mass is 32.1. The van der Waals surface area contributed by atoms with E-state index >= 15 is 0 Å². The predicted octanol–water partition coefficient (Wildman–Crippen LogP) is 2.03. The van der Waals surface area contributed by atoms with E-state index in [2.05, 4.69) is 14.9 Å². The van der Waals surface area contributed by atoms with Crippen LogP contribution in [0.25, 0.3) is 0 Å². The van der Waals surface area contributed by atoms with Gasteiger partial charge < -0.3 is 10.4 Å². The Kier molecular flexibility index (Phi) is 5.88. The van der Waals surface area contributed by atoms with Crippen LogP contribution in [0.1, 0.15) is 61.3 Å². The van der Waals surface area contributed by atoms with Gasteiger partial charge in [-0.25, -0.2) is 4.79 Å². The molecule has 0 aliphatic rings. The number of amides is 1. The van der Waals surface area contributed by atoms with Gasteiger partial charge in [-0.1, -0.05) is 38.1 Å². The van der Waals surface area contributed by atoms with Crippen LogP contribution in [0.15, 0.2) is 0 Å². The number of hydrogen-bond acceptors (Lipinski definition) is 5. The van der Waals surface area contributed by atoms with E-state index in [0.717, 1.165) is 24.4 Å². The van der Waals surface area contributed by atoms with E-state index in [1.54, 1.807) is 0 Å². The molecule has 19 heavy (non-hydrogen) atoms. The molecule has 7 heteroatoms. The molecule has 0 bridgehead atoms. The van der Waals surface area contributed by atoms with Crippen molar-refractivity contribution in [2.24, 2.45) is 0 Å². The summed E-state index contributed by atoms with van der Waals surface area (Å²) in [5, 5.41) is 15.5. The van der Waals surface area contributed by atoms with Gasteiger partial charge in [0, 0.05) is 0 Å². The molecule has 1 rings (SSSR count). The Hall–Kier alpha value is -1.50. The Morgan fingerprint density at radius 2 is 2.11 bits per heavy atom. The summed E-state index contributed by atoms with van der Waals surface area (Å²) in [6.07, 6.45) is 2.08. The minimum Gasteiger partial charge on any atom is -0.480 e. The van der Waals surface area contributed by atoms with Crippen molar-refractivity contribution in [2.45, 2.75) is 52.0 Å². The highest BCUT2D eigenvalue weighted by Crippen LogP contribution is 2.19. The topological polar surface area (TPSA) is 92.2 Å². The number of rotatable bonds is 7. The summed E-state index contributed by atoms with van der Waals surface area (Å²) >= 11 is 0.997. The van der Waals surface area contributed by atoms with Crippen molar-refractivity contribution >= 4 is 23.4 Å². The summed E-state index contributed by atoms with van der Waals surface area (Å²) in [6.45, 7) is 5.81. The second-order valence-electron chi connectivity index (χ2n) is 4.65. The van der Waals surface area contributed by atoms with Crippen LogP contribution < -0.4 is 5.32 Å². The van der Waals surface area contributed by atoms with Crippen LogP contribution in [0.3, 0.4) is 0 Å². The molecule has 0 aliphatic heterocycles. The molecule has 2 N–H and O–H groups in total. The Morgan fingerprint density at radius 3 is 2.63 bits per heavy atom. The van der Waals surface area contributed by atoms with Crippen molar-refractivity contribution in [3.8, 4) is 0 Å². The zero-order valence-electron chi connectivity index (χ0n) is 11.3. The van der Waals surface area contributed by atoms with Crippen LogP contribution in [-0.4, -0.2) is 32.6 Å². The Morgan fingerprint density at radius 1 is 1.42 bits per heavy atom. The molecule has 6 nitrogen and oxygen atoms in total. The Labute approximate surface area is 116 Å². The number of aliphatic carboxylic acids is 1. The number of carboxylic acids is 1. The van der Waals surface area contributed by atoms with E-state index < -0.39 is 17.9 Å². The normalized spacial score (nSPS) is 12.4. The zero-order valence-corrected chi connectivity index (χ0v) is 12.2. The van der Waals surface area contributed by atoms with Gasteiger partial charge in [0.25, 0.3) is 5.91 Å². The van der Waals surface area contributed by atoms with Crippen LogP contribution in [0, 0.1) is 0 Å². The lowest BCUT2D eigenvalue weighted by molar-refractivity contribution is -0.139. The third-order valence-electron chi connectivity index (χ3n) is 2.72. The summed E-state index contributed by atoms with van der Waals surface area (Å²) in [5.41, 5.74) is 0.613. The predicted molar refractivity (Wildman–Crippen MR) is 72.4 cm³/mol. The summed E-state index contributed by atoms with van der Waals surface area (Å²) in [7, 11) is 0. The lowest BCUT2D eigenvalue weighted by Crippen LogP contribution is -2.40. The molecule has 1 heterocycles. The molecule has 0 spiro atoms. The van der Waals surface area contributed by atoms with Gasteiger partial charge in [-0.05, 0) is 23.9 Å². The first-order chi connectivity index (χ1) is 8.97.